The maximum absolute atomic E-state index is 12.3. The standard InChI is InChI=1S/C16H22N4O3/c1-2-9-18-15(22)20-13-5-3-12(4-6-13)19-14(21)16(17)7-10-23-11-8-16/h2-6H,1,7-11,17H2,(H,19,21)(H2,18,20,22). The molecule has 0 saturated carbocycles. The molecule has 1 saturated heterocycles. The van der Waals surface area contributed by atoms with Gasteiger partial charge in [0.15, 0.2) is 0 Å². The number of ether oxygens (including phenoxy) is 1. The summed E-state index contributed by atoms with van der Waals surface area (Å²) in [5, 5.41) is 8.09. The van der Waals surface area contributed by atoms with E-state index in [1.807, 2.05) is 0 Å². The van der Waals surface area contributed by atoms with Crippen molar-refractivity contribution < 1.29 is 14.3 Å². The van der Waals surface area contributed by atoms with Crippen LogP contribution in [0.5, 0.6) is 0 Å². The Labute approximate surface area is 135 Å². The first-order valence-corrected chi connectivity index (χ1v) is 7.47. The molecular formula is C16H22N4O3. The van der Waals surface area contributed by atoms with E-state index in [1.165, 1.54) is 0 Å². The van der Waals surface area contributed by atoms with E-state index in [9.17, 15) is 9.59 Å². The van der Waals surface area contributed by atoms with Crippen LogP contribution in [-0.2, 0) is 9.53 Å². The van der Waals surface area contributed by atoms with Crippen LogP contribution in [0.25, 0.3) is 0 Å². The van der Waals surface area contributed by atoms with E-state index in [1.54, 1.807) is 30.3 Å². The molecule has 7 nitrogen and oxygen atoms in total. The molecule has 1 aliphatic heterocycles. The van der Waals surface area contributed by atoms with Crippen molar-refractivity contribution in [3.63, 3.8) is 0 Å². The maximum Gasteiger partial charge on any atom is 0.319 e. The Morgan fingerprint density at radius 1 is 1.17 bits per heavy atom. The summed E-state index contributed by atoms with van der Waals surface area (Å²) < 4.78 is 5.23. The van der Waals surface area contributed by atoms with Gasteiger partial charge in [-0.1, -0.05) is 6.08 Å². The van der Waals surface area contributed by atoms with Gasteiger partial charge in [0, 0.05) is 31.1 Å². The lowest BCUT2D eigenvalue weighted by Crippen LogP contribution is -2.54. The number of rotatable bonds is 5. The highest BCUT2D eigenvalue weighted by molar-refractivity contribution is 5.98. The lowest BCUT2D eigenvalue weighted by atomic mass is 9.90. The van der Waals surface area contributed by atoms with Crippen molar-refractivity contribution in [1.82, 2.24) is 5.32 Å². The van der Waals surface area contributed by atoms with Crippen LogP contribution in [0.2, 0.25) is 0 Å². The molecule has 0 aliphatic carbocycles. The highest BCUT2D eigenvalue weighted by atomic mass is 16.5. The predicted molar refractivity (Wildman–Crippen MR) is 89.3 cm³/mol. The lowest BCUT2D eigenvalue weighted by Gasteiger charge is -2.31. The molecule has 0 bridgehead atoms. The predicted octanol–water partition coefficient (Wildman–Crippen LogP) is 1.44. The number of hydrogen-bond donors (Lipinski definition) is 4. The van der Waals surface area contributed by atoms with E-state index in [-0.39, 0.29) is 11.9 Å². The lowest BCUT2D eigenvalue weighted by molar-refractivity contribution is -0.124. The highest BCUT2D eigenvalue weighted by Crippen LogP contribution is 2.21. The van der Waals surface area contributed by atoms with Gasteiger partial charge in [-0.05, 0) is 37.1 Å². The molecule has 3 amide bonds. The zero-order chi connectivity index (χ0) is 16.7. The Kier molecular flexibility index (Phi) is 5.72. The number of amides is 3. The zero-order valence-electron chi connectivity index (χ0n) is 12.9. The van der Waals surface area contributed by atoms with Crippen LogP contribution in [0.4, 0.5) is 16.2 Å². The largest absolute Gasteiger partial charge is 0.381 e. The summed E-state index contributed by atoms with van der Waals surface area (Å²) in [6, 6.07) is 6.52. The van der Waals surface area contributed by atoms with Crippen LogP contribution in [0.1, 0.15) is 12.8 Å². The molecule has 7 heteroatoms. The zero-order valence-corrected chi connectivity index (χ0v) is 12.9. The van der Waals surface area contributed by atoms with Gasteiger partial charge >= 0.3 is 6.03 Å². The molecule has 1 aliphatic rings. The van der Waals surface area contributed by atoms with Gasteiger partial charge in [-0.25, -0.2) is 4.79 Å². The summed E-state index contributed by atoms with van der Waals surface area (Å²) in [5.74, 6) is -0.217. The SMILES string of the molecule is C=CCNC(=O)Nc1ccc(NC(=O)C2(N)CCOCC2)cc1. The number of nitrogens with two attached hydrogens (primary N) is 1. The molecule has 1 aromatic rings. The number of carbonyl (C=O) groups excluding carboxylic acids is 2. The molecule has 1 fully saturated rings. The van der Waals surface area contributed by atoms with Gasteiger partial charge < -0.3 is 26.4 Å². The summed E-state index contributed by atoms with van der Waals surface area (Å²) in [6.45, 7) is 4.90. The average Bonchev–Trinajstić information content (AvgIpc) is 2.55. The fourth-order valence-electron chi connectivity index (χ4n) is 2.20. The van der Waals surface area contributed by atoms with Gasteiger partial charge in [0.1, 0.15) is 5.54 Å². The van der Waals surface area contributed by atoms with Crippen molar-refractivity contribution in [3.05, 3.63) is 36.9 Å². The minimum atomic E-state index is -0.889. The molecule has 1 heterocycles. The smallest absolute Gasteiger partial charge is 0.319 e. The first kappa shape index (κ1) is 17.0. The Balaban J connectivity index is 1.90. The van der Waals surface area contributed by atoms with Crippen molar-refractivity contribution in [2.24, 2.45) is 5.73 Å². The van der Waals surface area contributed by atoms with Crippen LogP contribution < -0.4 is 21.7 Å². The Hall–Kier alpha value is -2.38. The molecule has 23 heavy (non-hydrogen) atoms. The molecule has 0 atom stereocenters. The second-order valence-corrected chi connectivity index (χ2v) is 5.42. The quantitative estimate of drug-likeness (QED) is 0.616. The van der Waals surface area contributed by atoms with E-state index in [0.29, 0.717) is 44.0 Å². The molecule has 2 rings (SSSR count). The number of nitrogens with one attached hydrogen (secondary N) is 3. The van der Waals surface area contributed by atoms with Gasteiger partial charge in [-0.15, -0.1) is 6.58 Å². The number of urea groups is 1. The highest BCUT2D eigenvalue weighted by Gasteiger charge is 2.35. The summed E-state index contributed by atoms with van der Waals surface area (Å²) in [7, 11) is 0. The van der Waals surface area contributed by atoms with E-state index in [2.05, 4.69) is 22.5 Å². The maximum atomic E-state index is 12.3. The van der Waals surface area contributed by atoms with Crippen LogP contribution in [0.15, 0.2) is 36.9 Å². The summed E-state index contributed by atoms with van der Waals surface area (Å²) in [6.07, 6.45) is 2.60. The van der Waals surface area contributed by atoms with Gasteiger partial charge in [0.25, 0.3) is 0 Å². The van der Waals surface area contributed by atoms with Crippen LogP contribution in [0.3, 0.4) is 0 Å². The summed E-state index contributed by atoms with van der Waals surface area (Å²) >= 11 is 0. The fourth-order valence-corrected chi connectivity index (χ4v) is 2.20. The van der Waals surface area contributed by atoms with Crippen LogP contribution in [-0.4, -0.2) is 37.2 Å². The number of hydrogen-bond acceptors (Lipinski definition) is 4. The number of carbonyl (C=O) groups is 2. The van der Waals surface area contributed by atoms with Crippen molar-refractivity contribution in [2.45, 2.75) is 18.4 Å². The monoisotopic (exact) mass is 318 g/mol. The summed E-state index contributed by atoms with van der Waals surface area (Å²) in [4.78, 5) is 23.8. The number of benzene rings is 1. The molecule has 0 unspecified atom stereocenters. The second kappa shape index (κ2) is 7.75. The Morgan fingerprint density at radius 3 is 2.30 bits per heavy atom. The fraction of sp³-hybridized carbons (Fsp3) is 0.375. The minimum Gasteiger partial charge on any atom is -0.381 e. The van der Waals surface area contributed by atoms with Crippen molar-refractivity contribution in [3.8, 4) is 0 Å². The Morgan fingerprint density at radius 2 is 1.74 bits per heavy atom. The van der Waals surface area contributed by atoms with Gasteiger partial charge in [0.05, 0.1) is 0 Å². The minimum absolute atomic E-state index is 0.217. The molecule has 0 spiro atoms. The van der Waals surface area contributed by atoms with E-state index < -0.39 is 5.54 Å². The van der Waals surface area contributed by atoms with Crippen molar-refractivity contribution in [2.75, 3.05) is 30.4 Å². The van der Waals surface area contributed by atoms with E-state index in [4.69, 9.17) is 10.5 Å². The molecule has 0 aromatic heterocycles. The topological polar surface area (TPSA) is 105 Å². The second-order valence-electron chi connectivity index (χ2n) is 5.42. The average molecular weight is 318 g/mol. The van der Waals surface area contributed by atoms with Crippen LogP contribution >= 0.6 is 0 Å². The molecule has 5 N–H and O–H groups in total. The van der Waals surface area contributed by atoms with Crippen molar-refractivity contribution in [1.29, 1.82) is 0 Å². The van der Waals surface area contributed by atoms with Gasteiger partial charge in [-0.2, -0.15) is 0 Å². The van der Waals surface area contributed by atoms with Gasteiger partial charge in [0.2, 0.25) is 5.91 Å². The first-order valence-electron chi connectivity index (χ1n) is 7.47. The Bertz CT molecular complexity index is 565. The molecule has 0 radical (unpaired) electrons. The third-order valence-corrected chi connectivity index (χ3v) is 3.64. The molecular weight excluding hydrogens is 296 g/mol. The van der Waals surface area contributed by atoms with Crippen molar-refractivity contribution >= 4 is 23.3 Å². The third kappa shape index (κ3) is 4.80. The first-order chi connectivity index (χ1) is 11.0. The normalized spacial score (nSPS) is 16.2. The molecule has 1 aromatic carbocycles. The molecule has 124 valence electrons. The van der Waals surface area contributed by atoms with Crippen LogP contribution in [0, 0.1) is 0 Å². The third-order valence-electron chi connectivity index (χ3n) is 3.64. The van der Waals surface area contributed by atoms with E-state index >= 15 is 0 Å². The number of anilines is 2. The van der Waals surface area contributed by atoms with Gasteiger partial charge in [-0.3, -0.25) is 4.79 Å². The van der Waals surface area contributed by atoms with E-state index in [0.717, 1.165) is 0 Å². The summed E-state index contributed by atoms with van der Waals surface area (Å²) in [5.41, 5.74) is 6.49.